The predicted octanol–water partition coefficient (Wildman–Crippen LogP) is 6.29. The third-order valence-corrected chi connectivity index (χ3v) is 9.22. The van der Waals surface area contributed by atoms with Crippen LogP contribution in [-0.4, -0.2) is 46.3 Å². The SMILES string of the molecule is BrC1CCCOC1C1(OC2(C3OCCCC3Br)CCCCC2)CCCCC1. The number of hydrogen-bond donors (Lipinski definition) is 0. The van der Waals surface area contributed by atoms with E-state index < -0.39 is 0 Å². The van der Waals surface area contributed by atoms with Crippen LogP contribution in [0.3, 0.4) is 0 Å². The lowest BCUT2D eigenvalue weighted by Crippen LogP contribution is -2.63. The van der Waals surface area contributed by atoms with E-state index in [1.807, 2.05) is 0 Å². The van der Waals surface area contributed by atoms with Gasteiger partial charge in [0.2, 0.25) is 0 Å². The maximum absolute atomic E-state index is 7.42. The topological polar surface area (TPSA) is 27.7 Å². The predicted molar refractivity (Wildman–Crippen MR) is 116 cm³/mol. The summed E-state index contributed by atoms with van der Waals surface area (Å²) in [5.74, 6) is 0. The summed E-state index contributed by atoms with van der Waals surface area (Å²) >= 11 is 7.94. The molecule has 2 heterocycles. The standard InChI is InChI=1S/C22H36Br2O3/c23-17-9-7-15-25-19(17)21(11-3-1-4-12-21)27-22(13-5-2-6-14-22)20-18(24)10-8-16-26-20/h17-20H,1-16H2. The molecule has 0 N–H and O–H groups in total. The van der Waals surface area contributed by atoms with Crippen LogP contribution in [0.4, 0.5) is 0 Å². The molecule has 3 nitrogen and oxygen atoms in total. The molecule has 4 fully saturated rings. The molecule has 0 radical (unpaired) electrons. The third kappa shape index (κ3) is 4.47. The van der Waals surface area contributed by atoms with Crippen molar-refractivity contribution in [3.05, 3.63) is 0 Å². The van der Waals surface area contributed by atoms with Crippen LogP contribution in [0.5, 0.6) is 0 Å². The fourth-order valence-corrected chi connectivity index (χ4v) is 7.96. The van der Waals surface area contributed by atoms with E-state index in [9.17, 15) is 0 Å². The van der Waals surface area contributed by atoms with Crippen molar-refractivity contribution in [1.29, 1.82) is 0 Å². The summed E-state index contributed by atoms with van der Waals surface area (Å²) in [5, 5.41) is 0. The van der Waals surface area contributed by atoms with Gasteiger partial charge in [-0.3, -0.25) is 0 Å². The minimum Gasteiger partial charge on any atom is -0.374 e. The quantitative estimate of drug-likeness (QED) is 0.418. The number of halogens is 2. The maximum atomic E-state index is 7.42. The van der Waals surface area contributed by atoms with Crippen molar-refractivity contribution in [2.45, 2.75) is 123 Å². The maximum Gasteiger partial charge on any atom is 0.0989 e. The number of alkyl halides is 2. The summed E-state index contributed by atoms with van der Waals surface area (Å²) in [4.78, 5) is 0.828. The highest BCUT2D eigenvalue weighted by Gasteiger charge is 2.55. The molecule has 5 heteroatoms. The van der Waals surface area contributed by atoms with E-state index in [1.165, 1.54) is 51.4 Å². The van der Waals surface area contributed by atoms with E-state index in [4.69, 9.17) is 14.2 Å². The van der Waals surface area contributed by atoms with E-state index in [0.717, 1.165) is 51.7 Å². The van der Waals surface area contributed by atoms with Gasteiger partial charge in [0, 0.05) is 22.9 Å². The van der Waals surface area contributed by atoms with Gasteiger partial charge in [-0.15, -0.1) is 0 Å². The molecule has 2 aliphatic heterocycles. The van der Waals surface area contributed by atoms with Crippen LogP contribution in [0.15, 0.2) is 0 Å². The van der Waals surface area contributed by atoms with Gasteiger partial charge in [0.1, 0.15) is 0 Å². The zero-order valence-corrected chi connectivity index (χ0v) is 19.8. The van der Waals surface area contributed by atoms with Gasteiger partial charge in [0.25, 0.3) is 0 Å². The zero-order valence-electron chi connectivity index (χ0n) is 16.6. The Labute approximate surface area is 181 Å². The average molecular weight is 508 g/mol. The zero-order chi connectivity index (χ0) is 18.7. The fraction of sp³-hybridized carbons (Fsp3) is 1.00. The smallest absolute Gasteiger partial charge is 0.0989 e. The molecule has 0 aromatic carbocycles. The van der Waals surface area contributed by atoms with Crippen molar-refractivity contribution in [2.24, 2.45) is 0 Å². The van der Waals surface area contributed by atoms with Gasteiger partial charge in [0.05, 0.1) is 23.4 Å². The molecule has 2 aliphatic carbocycles. The van der Waals surface area contributed by atoms with Crippen molar-refractivity contribution in [2.75, 3.05) is 13.2 Å². The van der Waals surface area contributed by atoms with Gasteiger partial charge in [-0.1, -0.05) is 70.4 Å². The van der Waals surface area contributed by atoms with E-state index in [1.54, 1.807) is 0 Å². The molecule has 0 bridgehead atoms. The summed E-state index contributed by atoms with van der Waals surface area (Å²) in [5.41, 5.74) is -0.282. The third-order valence-electron chi connectivity index (χ3n) is 7.34. The van der Waals surface area contributed by atoms with Crippen molar-refractivity contribution in [3.63, 3.8) is 0 Å². The molecule has 0 aromatic heterocycles. The minimum atomic E-state index is -0.141. The van der Waals surface area contributed by atoms with Crippen LogP contribution in [0.1, 0.15) is 89.9 Å². The Balaban J connectivity index is 1.63. The molecular weight excluding hydrogens is 472 g/mol. The highest BCUT2D eigenvalue weighted by Crippen LogP contribution is 2.49. The normalized spacial score (nSPS) is 39.8. The summed E-state index contributed by atoms with van der Waals surface area (Å²) in [6.07, 6.45) is 17.3. The first-order valence-electron chi connectivity index (χ1n) is 11.4. The second kappa shape index (κ2) is 9.32. The first-order valence-corrected chi connectivity index (χ1v) is 13.2. The average Bonchev–Trinajstić information content (AvgIpc) is 2.70. The second-order valence-electron chi connectivity index (χ2n) is 9.25. The van der Waals surface area contributed by atoms with Crippen LogP contribution >= 0.6 is 31.9 Å². The lowest BCUT2D eigenvalue weighted by Gasteiger charge is -2.55. The Hall–Kier alpha value is 0.840. The Bertz CT molecular complexity index is 432. The Kier molecular flexibility index (Phi) is 7.28. The Morgan fingerprint density at radius 1 is 0.593 bits per heavy atom. The van der Waals surface area contributed by atoms with E-state index in [-0.39, 0.29) is 23.4 Å². The highest BCUT2D eigenvalue weighted by molar-refractivity contribution is 9.09. The van der Waals surface area contributed by atoms with Crippen molar-refractivity contribution >= 4 is 31.9 Å². The van der Waals surface area contributed by atoms with Gasteiger partial charge >= 0.3 is 0 Å². The molecule has 2 saturated heterocycles. The fourth-order valence-electron chi connectivity index (χ4n) is 6.05. The molecule has 4 unspecified atom stereocenters. The van der Waals surface area contributed by atoms with Gasteiger partial charge in [0.15, 0.2) is 0 Å². The summed E-state index contributed by atoms with van der Waals surface area (Å²) in [6.45, 7) is 1.76. The van der Waals surface area contributed by atoms with Crippen molar-refractivity contribution in [1.82, 2.24) is 0 Å². The first kappa shape index (κ1) is 21.1. The monoisotopic (exact) mass is 506 g/mol. The molecule has 4 atom stereocenters. The van der Waals surface area contributed by atoms with Crippen LogP contribution in [-0.2, 0) is 14.2 Å². The number of ether oxygens (including phenoxy) is 3. The minimum absolute atomic E-state index is 0.141. The van der Waals surface area contributed by atoms with Crippen LogP contribution in [0.2, 0.25) is 0 Å². The Morgan fingerprint density at radius 2 is 1.00 bits per heavy atom. The van der Waals surface area contributed by atoms with Crippen LogP contribution in [0, 0.1) is 0 Å². The molecule has 0 amide bonds. The largest absolute Gasteiger partial charge is 0.374 e. The number of hydrogen-bond acceptors (Lipinski definition) is 3. The summed E-state index contributed by atoms with van der Waals surface area (Å²) < 4.78 is 20.2. The van der Waals surface area contributed by atoms with Crippen LogP contribution < -0.4 is 0 Å². The molecule has 2 saturated carbocycles. The first-order chi connectivity index (χ1) is 13.2. The van der Waals surface area contributed by atoms with Gasteiger partial charge in [-0.05, 0) is 51.4 Å². The molecule has 4 rings (SSSR count). The lowest BCUT2D eigenvalue weighted by atomic mass is 9.74. The van der Waals surface area contributed by atoms with Gasteiger partial charge < -0.3 is 14.2 Å². The molecule has 27 heavy (non-hydrogen) atoms. The van der Waals surface area contributed by atoms with Crippen LogP contribution in [0.25, 0.3) is 0 Å². The number of rotatable bonds is 4. The van der Waals surface area contributed by atoms with Crippen molar-refractivity contribution < 1.29 is 14.2 Å². The lowest BCUT2D eigenvalue weighted by molar-refractivity contribution is -0.271. The van der Waals surface area contributed by atoms with Crippen molar-refractivity contribution in [3.8, 4) is 0 Å². The highest BCUT2D eigenvalue weighted by atomic mass is 79.9. The van der Waals surface area contributed by atoms with E-state index in [0.29, 0.717) is 9.65 Å². The molecule has 0 spiro atoms. The Morgan fingerprint density at radius 3 is 1.37 bits per heavy atom. The summed E-state index contributed by atoms with van der Waals surface area (Å²) in [7, 11) is 0. The van der Waals surface area contributed by atoms with E-state index in [2.05, 4.69) is 31.9 Å². The van der Waals surface area contributed by atoms with Gasteiger partial charge in [-0.2, -0.15) is 0 Å². The molecule has 4 aliphatic rings. The summed E-state index contributed by atoms with van der Waals surface area (Å²) in [6, 6.07) is 0. The molecule has 0 aromatic rings. The molecule has 156 valence electrons. The second-order valence-corrected chi connectivity index (χ2v) is 11.6. The molecular formula is C22H36Br2O3. The van der Waals surface area contributed by atoms with Gasteiger partial charge in [-0.25, -0.2) is 0 Å². The van der Waals surface area contributed by atoms with E-state index >= 15 is 0 Å².